The number of carbonyl (C=O) groups excluding carboxylic acids is 1. The van der Waals surface area contributed by atoms with Crippen molar-refractivity contribution in [1.82, 2.24) is 15.3 Å². The minimum atomic E-state index is -0.379. The fourth-order valence-corrected chi connectivity index (χ4v) is 2.80. The maximum Gasteiger partial charge on any atom is 0.216 e. The highest BCUT2D eigenvalue weighted by Crippen LogP contribution is 2.28. The van der Waals surface area contributed by atoms with Crippen LogP contribution < -0.4 is 15.4 Å². The Labute approximate surface area is 164 Å². The number of fused-ring (bicyclic) bond motifs is 1. The molecule has 3 aromatic rings. The van der Waals surface area contributed by atoms with E-state index in [0.717, 1.165) is 5.39 Å². The van der Waals surface area contributed by atoms with Gasteiger partial charge in [-0.1, -0.05) is 15.9 Å². The molecule has 1 amide bonds. The number of benzene rings is 2. The molecule has 0 fully saturated rings. The molecule has 8 heteroatoms. The molecule has 6 nitrogen and oxygen atoms in total. The van der Waals surface area contributed by atoms with Gasteiger partial charge in [0.25, 0.3) is 0 Å². The zero-order valence-corrected chi connectivity index (χ0v) is 16.2. The van der Waals surface area contributed by atoms with Crippen molar-refractivity contribution in [2.75, 3.05) is 18.5 Å². The largest absolute Gasteiger partial charge is 0.493 e. The SMILES string of the molecule is CC(=O)NCCCOc1ccc2c(Nc3ccc(Br)cc3F)ncnc2c1. The summed E-state index contributed by atoms with van der Waals surface area (Å²) in [6.45, 7) is 2.53. The highest BCUT2D eigenvalue weighted by Gasteiger charge is 2.09. The molecule has 0 atom stereocenters. The quantitative estimate of drug-likeness (QED) is 0.547. The average Bonchev–Trinajstić information content (AvgIpc) is 2.63. The van der Waals surface area contributed by atoms with Gasteiger partial charge in [0, 0.05) is 29.4 Å². The number of carbonyl (C=O) groups is 1. The molecule has 140 valence electrons. The second kappa shape index (κ2) is 8.77. The Bertz CT molecular complexity index is 968. The van der Waals surface area contributed by atoms with E-state index >= 15 is 0 Å². The first-order valence-electron chi connectivity index (χ1n) is 8.37. The molecule has 0 aliphatic rings. The van der Waals surface area contributed by atoms with Crippen LogP contribution in [0.5, 0.6) is 5.75 Å². The van der Waals surface area contributed by atoms with Gasteiger partial charge in [0.2, 0.25) is 5.91 Å². The zero-order valence-electron chi connectivity index (χ0n) is 14.6. The van der Waals surface area contributed by atoms with Crippen LogP contribution in [0.2, 0.25) is 0 Å². The summed E-state index contributed by atoms with van der Waals surface area (Å²) in [7, 11) is 0. The van der Waals surface area contributed by atoms with Gasteiger partial charge < -0.3 is 15.4 Å². The molecule has 0 radical (unpaired) electrons. The molecule has 3 rings (SSSR count). The van der Waals surface area contributed by atoms with Crippen LogP contribution in [0.15, 0.2) is 47.2 Å². The summed E-state index contributed by atoms with van der Waals surface area (Å²) in [5.41, 5.74) is 1.01. The Balaban J connectivity index is 1.72. The maximum absolute atomic E-state index is 14.1. The number of ether oxygens (including phenoxy) is 1. The highest BCUT2D eigenvalue weighted by atomic mass is 79.9. The van der Waals surface area contributed by atoms with E-state index in [1.807, 2.05) is 12.1 Å². The van der Waals surface area contributed by atoms with Crippen LogP contribution in [-0.2, 0) is 4.79 Å². The summed E-state index contributed by atoms with van der Waals surface area (Å²) in [5.74, 6) is 0.748. The van der Waals surface area contributed by atoms with Crippen molar-refractivity contribution in [1.29, 1.82) is 0 Å². The molecule has 0 spiro atoms. The molecule has 0 saturated carbocycles. The fraction of sp³-hybridized carbons (Fsp3) is 0.211. The summed E-state index contributed by atoms with van der Waals surface area (Å²) >= 11 is 3.24. The normalized spacial score (nSPS) is 10.6. The molecular formula is C19H18BrFN4O2. The second-order valence-corrected chi connectivity index (χ2v) is 6.75. The van der Waals surface area contributed by atoms with Crippen molar-refractivity contribution in [2.45, 2.75) is 13.3 Å². The molecule has 1 aromatic heterocycles. The van der Waals surface area contributed by atoms with Crippen molar-refractivity contribution >= 4 is 44.2 Å². The molecule has 0 aliphatic heterocycles. The van der Waals surface area contributed by atoms with Gasteiger partial charge in [-0.05, 0) is 36.8 Å². The van der Waals surface area contributed by atoms with Gasteiger partial charge in [0.15, 0.2) is 0 Å². The second-order valence-electron chi connectivity index (χ2n) is 5.84. The topological polar surface area (TPSA) is 76.1 Å². The summed E-state index contributed by atoms with van der Waals surface area (Å²) in [6, 6.07) is 10.2. The number of nitrogens with zero attached hydrogens (tertiary/aromatic N) is 2. The first kappa shape index (κ1) is 19.0. The highest BCUT2D eigenvalue weighted by molar-refractivity contribution is 9.10. The van der Waals surface area contributed by atoms with E-state index in [9.17, 15) is 9.18 Å². The van der Waals surface area contributed by atoms with Crippen LogP contribution in [0.3, 0.4) is 0 Å². The molecule has 0 saturated heterocycles. The lowest BCUT2D eigenvalue weighted by Gasteiger charge is -2.11. The first-order chi connectivity index (χ1) is 13.0. The molecular weight excluding hydrogens is 415 g/mol. The molecule has 1 heterocycles. The van der Waals surface area contributed by atoms with Crippen molar-refractivity contribution < 1.29 is 13.9 Å². The van der Waals surface area contributed by atoms with Gasteiger partial charge in [-0.2, -0.15) is 0 Å². The summed E-state index contributed by atoms with van der Waals surface area (Å²) in [5, 5.41) is 6.48. The van der Waals surface area contributed by atoms with Gasteiger partial charge in [-0.15, -0.1) is 0 Å². The predicted molar refractivity (Wildman–Crippen MR) is 106 cm³/mol. The van der Waals surface area contributed by atoms with Crippen molar-refractivity contribution in [2.24, 2.45) is 0 Å². The van der Waals surface area contributed by atoms with E-state index in [1.165, 1.54) is 19.3 Å². The summed E-state index contributed by atoms with van der Waals surface area (Å²) in [6.07, 6.45) is 2.12. The minimum absolute atomic E-state index is 0.0559. The lowest BCUT2D eigenvalue weighted by Crippen LogP contribution is -2.22. The predicted octanol–water partition coefficient (Wildman–Crippen LogP) is 4.18. The Morgan fingerprint density at radius 3 is 2.85 bits per heavy atom. The molecule has 2 aromatic carbocycles. The van der Waals surface area contributed by atoms with E-state index in [0.29, 0.717) is 46.8 Å². The lowest BCUT2D eigenvalue weighted by atomic mass is 10.2. The average molecular weight is 433 g/mol. The van der Waals surface area contributed by atoms with Crippen molar-refractivity contribution in [3.05, 3.63) is 53.0 Å². The van der Waals surface area contributed by atoms with Gasteiger partial charge >= 0.3 is 0 Å². The fourth-order valence-electron chi connectivity index (χ4n) is 2.47. The number of aromatic nitrogens is 2. The zero-order chi connectivity index (χ0) is 19.2. The van der Waals surface area contributed by atoms with E-state index in [4.69, 9.17) is 4.74 Å². The van der Waals surface area contributed by atoms with Crippen LogP contribution in [0.1, 0.15) is 13.3 Å². The minimum Gasteiger partial charge on any atom is -0.493 e. The molecule has 2 N–H and O–H groups in total. The number of amides is 1. The molecule has 0 unspecified atom stereocenters. The third-order valence-corrected chi connectivity index (χ3v) is 4.25. The standard InChI is InChI=1S/C19H18BrFN4O2/c1-12(26)22-7-2-8-27-14-4-5-15-18(10-14)23-11-24-19(15)25-17-6-3-13(20)9-16(17)21/h3-6,9-11H,2,7-8H2,1H3,(H,22,26)(H,23,24,25). The van der Waals surface area contributed by atoms with Crippen molar-refractivity contribution in [3.63, 3.8) is 0 Å². The van der Waals surface area contributed by atoms with E-state index < -0.39 is 0 Å². The van der Waals surface area contributed by atoms with Gasteiger partial charge in [-0.3, -0.25) is 4.79 Å². The van der Waals surface area contributed by atoms with Crippen LogP contribution in [0.25, 0.3) is 10.9 Å². The van der Waals surface area contributed by atoms with Gasteiger partial charge in [0.05, 0.1) is 17.8 Å². The third kappa shape index (κ3) is 5.13. The van der Waals surface area contributed by atoms with Crippen molar-refractivity contribution in [3.8, 4) is 5.75 Å². The smallest absolute Gasteiger partial charge is 0.216 e. The first-order valence-corrected chi connectivity index (χ1v) is 9.16. The lowest BCUT2D eigenvalue weighted by molar-refractivity contribution is -0.118. The third-order valence-electron chi connectivity index (χ3n) is 3.76. The van der Waals surface area contributed by atoms with Crippen LogP contribution in [0, 0.1) is 5.82 Å². The summed E-state index contributed by atoms with van der Waals surface area (Å²) in [4.78, 5) is 19.3. The Morgan fingerprint density at radius 2 is 2.07 bits per heavy atom. The van der Waals surface area contributed by atoms with Crippen LogP contribution >= 0.6 is 15.9 Å². The van der Waals surface area contributed by atoms with Gasteiger partial charge in [-0.25, -0.2) is 14.4 Å². The van der Waals surface area contributed by atoms with Gasteiger partial charge in [0.1, 0.15) is 23.7 Å². The van der Waals surface area contributed by atoms with E-state index in [-0.39, 0.29) is 11.7 Å². The molecule has 27 heavy (non-hydrogen) atoms. The van der Waals surface area contributed by atoms with E-state index in [1.54, 1.807) is 18.2 Å². The van der Waals surface area contributed by atoms with Crippen LogP contribution in [-0.4, -0.2) is 29.0 Å². The van der Waals surface area contributed by atoms with E-state index in [2.05, 4.69) is 36.5 Å². The molecule has 0 bridgehead atoms. The monoisotopic (exact) mass is 432 g/mol. The van der Waals surface area contributed by atoms with Crippen LogP contribution in [0.4, 0.5) is 15.9 Å². The number of hydrogen-bond donors (Lipinski definition) is 2. The number of anilines is 2. The summed E-state index contributed by atoms with van der Waals surface area (Å²) < 4.78 is 20.4. The Hall–Kier alpha value is -2.74. The Morgan fingerprint density at radius 1 is 1.22 bits per heavy atom. The number of hydrogen-bond acceptors (Lipinski definition) is 5. The Kier molecular flexibility index (Phi) is 6.18. The number of halogens is 2. The maximum atomic E-state index is 14.1. The molecule has 0 aliphatic carbocycles. The number of rotatable bonds is 7. The number of nitrogens with one attached hydrogen (secondary N) is 2.